The predicted octanol–water partition coefficient (Wildman–Crippen LogP) is 8.36. The van der Waals surface area contributed by atoms with E-state index in [1.165, 1.54) is 0 Å². The lowest BCUT2D eigenvalue weighted by Crippen LogP contribution is -2.36. The van der Waals surface area contributed by atoms with E-state index in [0.717, 1.165) is 40.4 Å². The van der Waals surface area contributed by atoms with E-state index in [-0.39, 0.29) is 23.3 Å². The number of benzene rings is 3. The summed E-state index contributed by atoms with van der Waals surface area (Å²) in [6.07, 6.45) is 3.81. The zero-order valence-electron chi connectivity index (χ0n) is 33.8. The van der Waals surface area contributed by atoms with Gasteiger partial charge in [0.15, 0.2) is 11.6 Å². The molecule has 3 N–H and O–H groups in total. The Bertz CT molecular complexity index is 2590. The molecule has 3 aromatic carbocycles. The molecule has 4 heterocycles. The van der Waals surface area contributed by atoms with Crippen LogP contribution in [-0.2, 0) is 22.7 Å². The molecular weight excluding hydrogens is 810 g/mol. The van der Waals surface area contributed by atoms with Crippen molar-refractivity contribution in [2.45, 2.75) is 57.7 Å². The first-order valence-electron chi connectivity index (χ1n) is 20.0. The zero-order chi connectivity index (χ0) is 42.9. The second-order valence-corrected chi connectivity index (χ2v) is 16.1. The van der Waals surface area contributed by atoms with Crippen LogP contribution in [0, 0.1) is 11.8 Å². The van der Waals surface area contributed by atoms with E-state index in [1.54, 1.807) is 43.4 Å². The standard InChI is InChI=1S/C44H45ClF2N8O6/c1-53(27-12-10-25(11-13-27)43(56)57)21-24-16-34-39(48-19-24)41(52-42(51-34)40(46)47)50-33-8-4-7-30(38(33)45)29-6-5-9-35-31(29)20-49-55(35)28-17-36(60-2)32(37(18-28)61-3)23-54-15-14-26(22-54)44(58)59/h4-9,16-20,25-27,40H,10-15,21-23H2,1-3H3,(H,56,57)(H,58,59)(H,50,51,52)/t25?,26-,27?/m1/s1. The fourth-order valence-corrected chi connectivity index (χ4v) is 8.91. The number of carboxylic acid groups (broad SMARTS) is 2. The van der Waals surface area contributed by atoms with Crippen molar-refractivity contribution in [3.05, 3.63) is 89.0 Å². The minimum atomic E-state index is -2.94. The van der Waals surface area contributed by atoms with Crippen molar-refractivity contribution in [2.24, 2.45) is 11.8 Å². The number of aromatic nitrogens is 5. The van der Waals surface area contributed by atoms with Crippen LogP contribution in [0.15, 0.2) is 67.0 Å². The number of halogens is 3. The van der Waals surface area contributed by atoms with Crippen molar-refractivity contribution in [3.8, 4) is 28.3 Å². The summed E-state index contributed by atoms with van der Waals surface area (Å²) in [4.78, 5) is 40.2. The first-order chi connectivity index (χ1) is 29.4. The lowest BCUT2D eigenvalue weighted by Gasteiger charge is -2.33. The van der Waals surface area contributed by atoms with E-state index in [0.29, 0.717) is 84.4 Å². The van der Waals surface area contributed by atoms with Gasteiger partial charge in [-0.2, -0.15) is 5.10 Å². The summed E-state index contributed by atoms with van der Waals surface area (Å²) in [5, 5.41) is 27.9. The fraction of sp³-hybridized carbons (Fsp3) is 0.364. The number of likely N-dealkylation sites (tertiary alicyclic amines) is 1. The smallest absolute Gasteiger partial charge is 0.307 e. The molecule has 8 rings (SSSR count). The third kappa shape index (κ3) is 8.52. The van der Waals surface area contributed by atoms with Crippen molar-refractivity contribution < 1.29 is 38.1 Å². The Morgan fingerprint density at radius 1 is 0.934 bits per heavy atom. The SMILES string of the molecule is COc1cc(-n2ncc3c(-c4cccc(Nc5nc(C(F)F)nc6cc(CN(C)C7CCC(C(=O)O)CC7)cnc56)c4Cl)cccc32)cc(OC)c1CN1CC[C@@H](C(=O)O)C1. The molecule has 1 aliphatic carbocycles. The molecule has 0 spiro atoms. The number of carboxylic acids is 2. The van der Waals surface area contributed by atoms with Crippen molar-refractivity contribution in [1.82, 2.24) is 34.5 Å². The van der Waals surface area contributed by atoms with Crippen LogP contribution < -0.4 is 14.8 Å². The molecule has 1 saturated heterocycles. The van der Waals surface area contributed by atoms with Crippen LogP contribution in [-0.4, -0.2) is 97.1 Å². The van der Waals surface area contributed by atoms with Crippen LogP contribution in [0.4, 0.5) is 20.3 Å². The van der Waals surface area contributed by atoms with Gasteiger partial charge >= 0.3 is 11.9 Å². The van der Waals surface area contributed by atoms with Crippen LogP contribution in [0.1, 0.15) is 55.5 Å². The number of pyridine rings is 1. The average Bonchev–Trinajstić information content (AvgIpc) is 3.92. The molecule has 1 aliphatic heterocycles. The van der Waals surface area contributed by atoms with Crippen LogP contribution in [0.2, 0.25) is 5.02 Å². The Labute approximate surface area is 355 Å². The summed E-state index contributed by atoms with van der Waals surface area (Å²) in [7, 11) is 5.13. The minimum Gasteiger partial charge on any atom is -0.496 e. The minimum absolute atomic E-state index is 0.0788. The zero-order valence-corrected chi connectivity index (χ0v) is 34.6. The van der Waals surface area contributed by atoms with Crippen LogP contribution in [0.25, 0.3) is 38.8 Å². The largest absolute Gasteiger partial charge is 0.496 e. The highest BCUT2D eigenvalue weighted by molar-refractivity contribution is 6.36. The Morgan fingerprint density at radius 2 is 1.64 bits per heavy atom. The van der Waals surface area contributed by atoms with E-state index < -0.39 is 30.1 Å². The van der Waals surface area contributed by atoms with Gasteiger partial charge in [0.2, 0.25) is 0 Å². The number of methoxy groups -OCH3 is 2. The fourth-order valence-electron chi connectivity index (χ4n) is 8.64. The summed E-state index contributed by atoms with van der Waals surface area (Å²) in [5.41, 5.74) is 5.45. The highest BCUT2D eigenvalue weighted by atomic mass is 35.5. The van der Waals surface area contributed by atoms with Gasteiger partial charge < -0.3 is 25.0 Å². The van der Waals surface area contributed by atoms with Crippen LogP contribution >= 0.6 is 11.6 Å². The van der Waals surface area contributed by atoms with E-state index >= 15 is 0 Å². The molecule has 0 amide bonds. The topological polar surface area (TPSA) is 168 Å². The Kier molecular flexibility index (Phi) is 12.0. The maximum absolute atomic E-state index is 14.2. The van der Waals surface area contributed by atoms with Crippen molar-refractivity contribution >= 4 is 57.0 Å². The highest BCUT2D eigenvalue weighted by Crippen LogP contribution is 2.41. The summed E-state index contributed by atoms with van der Waals surface area (Å²) >= 11 is 7.14. The molecule has 2 aliphatic rings. The normalized spacial score (nSPS) is 18.3. The van der Waals surface area contributed by atoms with Crippen molar-refractivity contribution in [2.75, 3.05) is 39.7 Å². The van der Waals surface area contributed by atoms with Gasteiger partial charge in [0.25, 0.3) is 6.43 Å². The Morgan fingerprint density at radius 3 is 2.31 bits per heavy atom. The third-order valence-corrected chi connectivity index (χ3v) is 12.3. The molecule has 61 heavy (non-hydrogen) atoms. The monoisotopic (exact) mass is 854 g/mol. The van der Waals surface area contributed by atoms with E-state index in [4.69, 9.17) is 26.2 Å². The quantitative estimate of drug-likeness (QED) is 0.0957. The first-order valence-corrected chi connectivity index (χ1v) is 20.4. The number of hydrogen-bond donors (Lipinski definition) is 3. The van der Waals surface area contributed by atoms with Gasteiger partial charge in [-0.05, 0) is 75.0 Å². The first kappa shape index (κ1) is 41.8. The molecule has 1 atom stereocenters. The predicted molar refractivity (Wildman–Crippen MR) is 226 cm³/mol. The lowest BCUT2D eigenvalue weighted by molar-refractivity contribution is -0.143. The molecule has 0 radical (unpaired) electrons. The molecule has 0 bridgehead atoms. The molecule has 318 valence electrons. The van der Waals surface area contributed by atoms with Gasteiger partial charge in [-0.3, -0.25) is 24.4 Å². The number of aliphatic carboxylic acids is 2. The van der Waals surface area contributed by atoms with Crippen molar-refractivity contribution in [1.29, 1.82) is 0 Å². The van der Waals surface area contributed by atoms with E-state index in [1.807, 2.05) is 49.5 Å². The molecule has 0 unspecified atom stereocenters. The third-order valence-electron chi connectivity index (χ3n) is 11.9. The molecule has 6 aromatic rings. The Balaban J connectivity index is 1.07. The average molecular weight is 855 g/mol. The Hall–Kier alpha value is -5.97. The van der Waals surface area contributed by atoms with Gasteiger partial charge in [0, 0.05) is 55.0 Å². The van der Waals surface area contributed by atoms with Gasteiger partial charge in [-0.25, -0.2) is 23.4 Å². The summed E-state index contributed by atoms with van der Waals surface area (Å²) in [5.74, 6) is -1.69. The van der Waals surface area contributed by atoms with E-state index in [9.17, 15) is 28.6 Å². The van der Waals surface area contributed by atoms with E-state index in [2.05, 4.69) is 30.1 Å². The van der Waals surface area contributed by atoms with Gasteiger partial charge in [0.1, 0.15) is 17.0 Å². The summed E-state index contributed by atoms with van der Waals surface area (Å²) in [6.45, 7) is 2.05. The molecule has 17 heteroatoms. The van der Waals surface area contributed by atoms with Crippen LogP contribution in [0.3, 0.4) is 0 Å². The maximum Gasteiger partial charge on any atom is 0.307 e. The van der Waals surface area contributed by atoms with Gasteiger partial charge in [0.05, 0.1) is 65.2 Å². The van der Waals surface area contributed by atoms with Crippen LogP contribution in [0.5, 0.6) is 11.5 Å². The molecule has 3 aromatic heterocycles. The molecule has 1 saturated carbocycles. The number of carbonyl (C=O) groups is 2. The van der Waals surface area contributed by atoms with Gasteiger partial charge in [-0.15, -0.1) is 0 Å². The number of rotatable bonds is 14. The summed E-state index contributed by atoms with van der Waals surface area (Å²) in [6, 6.07) is 16.9. The molecule has 14 nitrogen and oxygen atoms in total. The second-order valence-electron chi connectivity index (χ2n) is 15.7. The summed E-state index contributed by atoms with van der Waals surface area (Å²) < 4.78 is 41.9. The number of hydrogen-bond acceptors (Lipinski definition) is 11. The number of anilines is 2. The number of alkyl halides is 2. The molecular formula is C44H45ClF2N8O6. The van der Waals surface area contributed by atoms with Crippen molar-refractivity contribution in [3.63, 3.8) is 0 Å². The number of nitrogens with zero attached hydrogens (tertiary/aromatic N) is 7. The number of ether oxygens (including phenoxy) is 2. The number of fused-ring (bicyclic) bond motifs is 2. The van der Waals surface area contributed by atoms with Gasteiger partial charge in [-0.1, -0.05) is 35.9 Å². The molecule has 2 fully saturated rings. The highest BCUT2D eigenvalue weighted by Gasteiger charge is 2.30. The number of nitrogens with one attached hydrogen (secondary N) is 1. The lowest BCUT2D eigenvalue weighted by atomic mass is 9.85. The second kappa shape index (κ2) is 17.6. The maximum atomic E-state index is 14.2.